The third-order valence-electron chi connectivity index (χ3n) is 6.47. The number of ether oxygens (including phenoxy) is 1. The summed E-state index contributed by atoms with van der Waals surface area (Å²) < 4.78 is 9.45. The second-order valence-electron chi connectivity index (χ2n) is 9.12. The second-order valence-corrected chi connectivity index (χ2v) is 9.12. The number of benzene rings is 2. The number of fused-ring (bicyclic) bond motifs is 2. The molecule has 0 spiro atoms. The van der Waals surface area contributed by atoms with E-state index >= 15 is 0 Å². The molecule has 1 atom stereocenters. The normalized spacial score (nSPS) is 15.1. The topological polar surface area (TPSA) is 99.2 Å². The predicted molar refractivity (Wildman–Crippen MR) is 134 cm³/mol. The summed E-state index contributed by atoms with van der Waals surface area (Å²) in [7, 11) is 0. The molecule has 9 heteroatoms. The van der Waals surface area contributed by atoms with Gasteiger partial charge in [-0.25, -0.2) is 0 Å². The number of hydrogen-bond acceptors (Lipinski definition) is 6. The molecule has 0 fully saturated rings. The molecule has 2 aromatic carbocycles. The van der Waals surface area contributed by atoms with Gasteiger partial charge in [-0.3, -0.25) is 4.79 Å². The lowest BCUT2D eigenvalue weighted by Crippen LogP contribution is -2.25. The zero-order valence-electron chi connectivity index (χ0n) is 20.3. The number of carbonyl (C=O) groups excluding carboxylic acids is 1. The van der Waals surface area contributed by atoms with Gasteiger partial charge in [0.15, 0.2) is 17.3 Å². The molecule has 1 amide bonds. The van der Waals surface area contributed by atoms with Gasteiger partial charge in [0, 0.05) is 17.9 Å². The van der Waals surface area contributed by atoms with Crippen LogP contribution in [-0.4, -0.2) is 35.5 Å². The maximum Gasteiger partial charge on any atom is 0.226 e. The number of aryl methyl sites for hydroxylation is 3. The number of rotatable bonds is 5. The minimum atomic E-state index is -0.148. The standard InChI is InChI=1S/C27H25N7O2/c1-16-6-4-7-19(12-16)15-36-21-9-5-8-20(13-21)22-14-25(35)28-27-26(22)17(2)31-34(27)24-11-10-23-30-29-18(3)33(23)32-24/h4-13,22H,14-15H2,1-3H3,(H,28,35)/t22-/m1/s1. The third-order valence-corrected chi connectivity index (χ3v) is 6.47. The van der Waals surface area contributed by atoms with Crippen LogP contribution in [0.3, 0.4) is 0 Å². The summed E-state index contributed by atoms with van der Waals surface area (Å²) >= 11 is 0. The number of aromatic nitrogens is 6. The van der Waals surface area contributed by atoms with Gasteiger partial charge >= 0.3 is 0 Å². The minimum Gasteiger partial charge on any atom is -0.489 e. The highest BCUT2D eigenvalue weighted by molar-refractivity contribution is 5.95. The van der Waals surface area contributed by atoms with Crippen molar-refractivity contribution in [2.75, 3.05) is 5.32 Å². The van der Waals surface area contributed by atoms with Crippen LogP contribution in [0.2, 0.25) is 0 Å². The Bertz CT molecular complexity index is 1620. The van der Waals surface area contributed by atoms with Gasteiger partial charge < -0.3 is 10.1 Å². The van der Waals surface area contributed by atoms with E-state index in [9.17, 15) is 4.79 Å². The largest absolute Gasteiger partial charge is 0.489 e. The summed E-state index contributed by atoms with van der Waals surface area (Å²) in [5, 5.41) is 20.6. The molecular weight excluding hydrogens is 454 g/mol. The average Bonchev–Trinajstić information content (AvgIpc) is 3.41. The van der Waals surface area contributed by atoms with Gasteiger partial charge in [0.25, 0.3) is 0 Å². The maximum atomic E-state index is 12.8. The fourth-order valence-electron chi connectivity index (χ4n) is 4.79. The smallest absolute Gasteiger partial charge is 0.226 e. The Morgan fingerprint density at radius 3 is 2.72 bits per heavy atom. The Kier molecular flexibility index (Phi) is 5.25. The van der Waals surface area contributed by atoms with E-state index in [-0.39, 0.29) is 11.8 Å². The fraction of sp³-hybridized carbons (Fsp3) is 0.222. The highest BCUT2D eigenvalue weighted by Crippen LogP contribution is 2.40. The van der Waals surface area contributed by atoms with Gasteiger partial charge in [-0.15, -0.1) is 15.3 Å². The Hall–Kier alpha value is -4.53. The molecule has 9 nitrogen and oxygen atoms in total. The van der Waals surface area contributed by atoms with Gasteiger partial charge in [0.2, 0.25) is 5.91 Å². The van der Waals surface area contributed by atoms with Crippen LogP contribution in [-0.2, 0) is 11.4 Å². The molecule has 0 aliphatic carbocycles. The molecule has 0 saturated carbocycles. The monoisotopic (exact) mass is 479 g/mol. The van der Waals surface area contributed by atoms with Crippen molar-refractivity contribution in [2.24, 2.45) is 0 Å². The van der Waals surface area contributed by atoms with Crippen molar-refractivity contribution in [1.82, 2.24) is 29.6 Å². The molecule has 1 N–H and O–H groups in total. The molecule has 0 bridgehead atoms. The number of anilines is 1. The van der Waals surface area contributed by atoms with Crippen LogP contribution in [0, 0.1) is 20.8 Å². The second kappa shape index (κ2) is 8.60. The Morgan fingerprint density at radius 2 is 1.86 bits per heavy atom. The average molecular weight is 480 g/mol. The van der Waals surface area contributed by atoms with Gasteiger partial charge in [0.05, 0.1) is 5.69 Å². The molecule has 3 aromatic heterocycles. The van der Waals surface area contributed by atoms with E-state index in [4.69, 9.17) is 9.84 Å². The summed E-state index contributed by atoms with van der Waals surface area (Å²) in [5.74, 6) is 2.44. The van der Waals surface area contributed by atoms with Gasteiger partial charge in [-0.05, 0) is 56.2 Å². The van der Waals surface area contributed by atoms with Crippen LogP contribution in [0.25, 0.3) is 11.5 Å². The first-order valence-electron chi connectivity index (χ1n) is 11.8. The Balaban J connectivity index is 1.35. The predicted octanol–water partition coefficient (Wildman–Crippen LogP) is 4.29. The SMILES string of the molecule is Cc1cccc(COc2cccc([C@H]3CC(=O)Nc4c3c(C)nn4-c3ccc4nnc(C)n4n3)c2)c1. The first-order chi connectivity index (χ1) is 17.5. The van der Waals surface area contributed by atoms with Crippen molar-refractivity contribution in [1.29, 1.82) is 0 Å². The highest BCUT2D eigenvalue weighted by atomic mass is 16.5. The molecule has 1 aliphatic heterocycles. The van der Waals surface area contributed by atoms with Crippen LogP contribution in [0.5, 0.6) is 5.75 Å². The highest BCUT2D eigenvalue weighted by Gasteiger charge is 2.33. The van der Waals surface area contributed by atoms with Crippen LogP contribution in [0.15, 0.2) is 60.7 Å². The Morgan fingerprint density at radius 1 is 1.00 bits per heavy atom. The van der Waals surface area contributed by atoms with E-state index < -0.39 is 0 Å². The summed E-state index contributed by atoms with van der Waals surface area (Å²) in [5.41, 5.74) is 5.79. The van der Waals surface area contributed by atoms with Crippen molar-refractivity contribution < 1.29 is 9.53 Å². The van der Waals surface area contributed by atoms with Crippen LogP contribution >= 0.6 is 0 Å². The molecular formula is C27H25N7O2. The first kappa shape index (κ1) is 22.0. The van der Waals surface area contributed by atoms with E-state index in [0.29, 0.717) is 36.1 Å². The number of carbonyl (C=O) groups is 1. The summed E-state index contributed by atoms with van der Waals surface area (Å²) in [4.78, 5) is 12.8. The Labute approximate surface area is 207 Å². The maximum absolute atomic E-state index is 12.8. The van der Waals surface area contributed by atoms with Crippen LogP contribution in [0.4, 0.5) is 5.82 Å². The lowest BCUT2D eigenvalue weighted by molar-refractivity contribution is -0.116. The van der Waals surface area contributed by atoms with Gasteiger partial charge in [0.1, 0.15) is 18.2 Å². The molecule has 1 aliphatic rings. The molecule has 6 rings (SSSR count). The minimum absolute atomic E-state index is 0.0683. The van der Waals surface area contributed by atoms with Gasteiger partial charge in [-0.2, -0.15) is 14.3 Å². The molecule has 0 saturated heterocycles. The number of hydrogen-bond donors (Lipinski definition) is 1. The van der Waals surface area contributed by atoms with Crippen molar-refractivity contribution >= 4 is 17.4 Å². The first-order valence-corrected chi connectivity index (χ1v) is 11.8. The van der Waals surface area contributed by atoms with E-state index in [0.717, 1.165) is 28.1 Å². The quantitative estimate of drug-likeness (QED) is 0.404. The molecule has 4 heterocycles. The number of amides is 1. The number of nitrogens with one attached hydrogen (secondary N) is 1. The van der Waals surface area contributed by atoms with Crippen molar-refractivity contribution in [3.63, 3.8) is 0 Å². The van der Waals surface area contributed by atoms with E-state index in [2.05, 4.69) is 45.7 Å². The zero-order valence-corrected chi connectivity index (χ0v) is 20.3. The zero-order chi connectivity index (χ0) is 24.8. The molecule has 0 radical (unpaired) electrons. The van der Waals surface area contributed by atoms with Crippen molar-refractivity contribution in [3.8, 4) is 11.6 Å². The van der Waals surface area contributed by atoms with Crippen molar-refractivity contribution in [3.05, 3.63) is 94.4 Å². The van der Waals surface area contributed by atoms with Crippen LogP contribution in [0.1, 0.15) is 46.1 Å². The summed E-state index contributed by atoms with van der Waals surface area (Å²) in [6.07, 6.45) is 0.331. The third kappa shape index (κ3) is 3.88. The van der Waals surface area contributed by atoms with E-state index in [1.54, 1.807) is 9.20 Å². The molecule has 5 aromatic rings. The summed E-state index contributed by atoms with van der Waals surface area (Å²) in [6.45, 7) is 6.35. The van der Waals surface area contributed by atoms with E-state index in [1.165, 1.54) is 5.56 Å². The number of nitrogens with zero attached hydrogens (tertiary/aromatic N) is 6. The van der Waals surface area contributed by atoms with Gasteiger partial charge in [-0.1, -0.05) is 42.0 Å². The van der Waals surface area contributed by atoms with Crippen molar-refractivity contribution in [2.45, 2.75) is 39.7 Å². The lowest BCUT2D eigenvalue weighted by atomic mass is 9.86. The lowest BCUT2D eigenvalue weighted by Gasteiger charge is -2.24. The van der Waals surface area contributed by atoms with E-state index in [1.807, 2.05) is 56.3 Å². The molecule has 180 valence electrons. The fourth-order valence-corrected chi connectivity index (χ4v) is 4.79. The molecule has 36 heavy (non-hydrogen) atoms. The molecule has 0 unspecified atom stereocenters. The summed E-state index contributed by atoms with van der Waals surface area (Å²) in [6, 6.07) is 19.9. The van der Waals surface area contributed by atoms with Crippen LogP contribution < -0.4 is 10.1 Å².